The van der Waals surface area contributed by atoms with Gasteiger partial charge in [-0.2, -0.15) is 8.42 Å². The van der Waals surface area contributed by atoms with Crippen LogP contribution < -0.4 is 5.32 Å². The van der Waals surface area contributed by atoms with E-state index in [1.54, 1.807) is 6.08 Å². The summed E-state index contributed by atoms with van der Waals surface area (Å²) in [6, 6.07) is -0.942. The number of amides is 1. The van der Waals surface area contributed by atoms with Gasteiger partial charge in [0.15, 0.2) is 6.29 Å². The maximum Gasteiger partial charge on any atom is 0.397 e. The van der Waals surface area contributed by atoms with Crippen LogP contribution in [0.15, 0.2) is 12.2 Å². The maximum absolute atomic E-state index is 13.2. The van der Waals surface area contributed by atoms with Gasteiger partial charge in [0, 0.05) is 6.42 Å². The Hall–Kier alpha value is -1.16. The Morgan fingerprint density at radius 3 is 1.06 bits per heavy atom. The Bertz CT molecular complexity index is 1490. The van der Waals surface area contributed by atoms with E-state index >= 15 is 0 Å². The molecule has 488 valence electrons. The molecule has 7 atom stereocenters. The lowest BCUT2D eigenvalue weighted by atomic mass is 9.99. The quantitative estimate of drug-likeness (QED) is 0.0193. The fourth-order valence-electron chi connectivity index (χ4n) is 11.9. The number of aliphatic hydroxyl groups is 4. The molecule has 0 saturated carbocycles. The van der Waals surface area contributed by atoms with Crippen LogP contribution in [0.25, 0.3) is 0 Å². The number of aliphatic hydroxyl groups excluding tert-OH is 4. The zero-order valence-corrected chi connectivity index (χ0v) is 54.4. The minimum atomic E-state index is -5.09. The third-order valence-corrected chi connectivity index (χ3v) is 17.8. The first-order chi connectivity index (χ1) is 40.0. The van der Waals surface area contributed by atoms with Crippen LogP contribution in [-0.2, 0) is 28.9 Å². The second-order valence-corrected chi connectivity index (χ2v) is 26.2. The molecule has 1 aliphatic rings. The van der Waals surface area contributed by atoms with E-state index < -0.39 is 59.9 Å². The van der Waals surface area contributed by atoms with Crippen LogP contribution in [0.2, 0.25) is 0 Å². The third-order valence-electron chi connectivity index (χ3n) is 17.3. The lowest BCUT2D eigenvalue weighted by Crippen LogP contribution is -2.61. The number of hydrogen-bond donors (Lipinski definition) is 6. The summed E-state index contributed by atoms with van der Waals surface area (Å²) in [5.74, 6) is -0.252. The molecule has 6 N–H and O–H groups in total. The second-order valence-electron chi connectivity index (χ2n) is 25.2. The maximum atomic E-state index is 13.2. The van der Waals surface area contributed by atoms with Crippen molar-refractivity contribution in [1.82, 2.24) is 5.32 Å². The van der Waals surface area contributed by atoms with Crippen LogP contribution in [0.3, 0.4) is 0 Å². The minimum Gasteiger partial charge on any atom is -0.394 e. The van der Waals surface area contributed by atoms with E-state index in [-0.39, 0.29) is 18.9 Å². The predicted molar refractivity (Wildman–Crippen MR) is 342 cm³/mol. The van der Waals surface area contributed by atoms with Gasteiger partial charge in [0.2, 0.25) is 5.91 Å². The fourth-order valence-corrected chi connectivity index (χ4v) is 12.4. The molecular formula is C69H135NO11S. The highest BCUT2D eigenvalue weighted by molar-refractivity contribution is 7.80. The zero-order valence-electron chi connectivity index (χ0n) is 53.6. The summed E-state index contributed by atoms with van der Waals surface area (Å²) < 4.78 is 48.1. The molecule has 7 unspecified atom stereocenters. The number of allylic oxidation sites excluding steroid dienone is 1. The van der Waals surface area contributed by atoms with Crippen molar-refractivity contribution in [2.24, 2.45) is 0 Å². The van der Waals surface area contributed by atoms with E-state index in [0.29, 0.717) is 6.42 Å². The molecule has 1 fully saturated rings. The highest BCUT2D eigenvalue weighted by Gasteiger charge is 2.48. The van der Waals surface area contributed by atoms with Gasteiger partial charge in [-0.05, 0) is 19.3 Å². The van der Waals surface area contributed by atoms with E-state index in [1.165, 1.54) is 302 Å². The average molecular weight is 1190 g/mol. The van der Waals surface area contributed by atoms with Crippen LogP contribution >= 0.6 is 0 Å². The Labute approximate surface area is 506 Å². The molecule has 0 aromatic heterocycles. The number of nitrogens with one attached hydrogen (secondary N) is 1. The molecule has 1 amide bonds. The zero-order chi connectivity index (χ0) is 59.7. The third kappa shape index (κ3) is 49.9. The van der Waals surface area contributed by atoms with Gasteiger partial charge in [-0.25, -0.2) is 4.18 Å². The van der Waals surface area contributed by atoms with Crippen molar-refractivity contribution in [3.05, 3.63) is 12.2 Å². The lowest BCUT2D eigenvalue weighted by molar-refractivity contribution is -0.298. The van der Waals surface area contributed by atoms with Crippen LogP contribution in [0, 0.1) is 0 Å². The number of unbranched alkanes of at least 4 members (excludes halogenated alkanes) is 52. The SMILES string of the molecule is CCCCCCCCCCCCCCCCCCCCCCCC/C=C/C(O)C(COC1OC(CO)C(O)C(OS(=O)(=O)O)C1O)NC(=O)CCCCCCCCCCCCCCCCCCCCCCCCCCCCCCCCC. The van der Waals surface area contributed by atoms with Gasteiger partial charge >= 0.3 is 10.4 Å². The summed E-state index contributed by atoms with van der Waals surface area (Å²) in [5.41, 5.74) is 0. The highest BCUT2D eigenvalue weighted by atomic mass is 32.3. The molecule has 13 heteroatoms. The van der Waals surface area contributed by atoms with Gasteiger partial charge < -0.3 is 35.2 Å². The van der Waals surface area contributed by atoms with Gasteiger partial charge in [0.1, 0.15) is 24.4 Å². The van der Waals surface area contributed by atoms with E-state index in [9.17, 15) is 38.2 Å². The largest absolute Gasteiger partial charge is 0.397 e. The molecule has 1 saturated heterocycles. The van der Waals surface area contributed by atoms with Gasteiger partial charge in [-0.3, -0.25) is 9.35 Å². The Balaban J connectivity index is 2.23. The Kier molecular flexibility index (Phi) is 56.6. The summed E-state index contributed by atoms with van der Waals surface area (Å²) >= 11 is 0. The summed E-state index contributed by atoms with van der Waals surface area (Å²) in [5, 5.41) is 45.2. The minimum absolute atomic E-state index is 0.252. The summed E-state index contributed by atoms with van der Waals surface area (Å²) in [4.78, 5) is 13.2. The van der Waals surface area contributed by atoms with Crippen LogP contribution in [0.4, 0.5) is 0 Å². The van der Waals surface area contributed by atoms with Crippen molar-refractivity contribution >= 4 is 16.3 Å². The van der Waals surface area contributed by atoms with Crippen molar-refractivity contribution in [3.63, 3.8) is 0 Å². The first kappa shape index (κ1) is 78.9. The molecule has 1 aliphatic heterocycles. The van der Waals surface area contributed by atoms with Crippen LogP contribution in [-0.4, -0.2) is 95.4 Å². The monoisotopic (exact) mass is 1190 g/mol. The van der Waals surface area contributed by atoms with Crippen molar-refractivity contribution in [3.8, 4) is 0 Å². The molecule has 0 aromatic carbocycles. The van der Waals surface area contributed by atoms with Gasteiger partial charge in [0.05, 0.1) is 25.4 Å². The first-order valence-electron chi connectivity index (χ1n) is 35.6. The number of carbonyl (C=O) groups excluding carboxylic acids is 1. The Morgan fingerprint density at radius 1 is 0.476 bits per heavy atom. The van der Waals surface area contributed by atoms with E-state index in [4.69, 9.17) is 9.47 Å². The highest BCUT2D eigenvalue weighted by Crippen LogP contribution is 2.26. The van der Waals surface area contributed by atoms with E-state index in [0.717, 1.165) is 38.5 Å². The second kappa shape index (κ2) is 58.8. The van der Waals surface area contributed by atoms with E-state index in [1.807, 2.05) is 6.08 Å². The molecular weight excluding hydrogens is 1050 g/mol. The topological polar surface area (TPSA) is 192 Å². The Morgan fingerprint density at radius 2 is 0.768 bits per heavy atom. The normalized spacial score (nSPS) is 18.5. The number of rotatable bonds is 64. The molecule has 1 rings (SSSR count). The lowest BCUT2D eigenvalue weighted by Gasteiger charge is -2.41. The number of ether oxygens (including phenoxy) is 2. The molecule has 1 heterocycles. The smallest absolute Gasteiger partial charge is 0.394 e. The van der Waals surface area contributed by atoms with Crippen LogP contribution in [0.1, 0.15) is 367 Å². The number of hydrogen-bond acceptors (Lipinski definition) is 10. The molecule has 82 heavy (non-hydrogen) atoms. The predicted octanol–water partition coefficient (Wildman–Crippen LogP) is 18.5. The molecule has 0 spiro atoms. The molecule has 12 nitrogen and oxygen atoms in total. The molecule has 0 aromatic rings. The van der Waals surface area contributed by atoms with Crippen LogP contribution in [0.5, 0.6) is 0 Å². The van der Waals surface area contributed by atoms with Crippen molar-refractivity contribution in [2.45, 2.75) is 410 Å². The van der Waals surface area contributed by atoms with Gasteiger partial charge in [-0.15, -0.1) is 0 Å². The number of carbonyl (C=O) groups is 1. The van der Waals surface area contributed by atoms with Gasteiger partial charge in [-0.1, -0.05) is 353 Å². The standard InChI is InChI=1S/C69H135NO11S/c1-3-5-7-9-11-13-15-17-19-21-23-25-27-29-30-31-32-33-34-35-37-39-41-43-45-47-49-51-53-55-57-59-65(73)70-62(61-79-69-67(75)68(81-82(76,77)78)66(74)64(60-71)80-69)63(72)58-56-54-52-50-48-46-44-42-40-38-36-28-26-24-22-20-18-16-14-12-10-8-6-4-2/h56,58,62-64,66-69,71-72,74-75H,3-55,57,59-61H2,1-2H3,(H,70,73)(H,76,77,78)/b58-56+. The van der Waals surface area contributed by atoms with Gasteiger partial charge in [0.25, 0.3) is 0 Å². The molecule has 0 aliphatic carbocycles. The summed E-state index contributed by atoms with van der Waals surface area (Å²) in [7, 11) is -5.09. The summed E-state index contributed by atoms with van der Waals surface area (Å²) in [6.07, 6.45) is 65.8. The summed E-state index contributed by atoms with van der Waals surface area (Å²) in [6.45, 7) is 3.47. The van der Waals surface area contributed by atoms with Crippen molar-refractivity contribution in [1.29, 1.82) is 0 Å². The average Bonchev–Trinajstić information content (AvgIpc) is 3.62. The van der Waals surface area contributed by atoms with Crippen molar-refractivity contribution in [2.75, 3.05) is 13.2 Å². The fraction of sp³-hybridized carbons (Fsp3) is 0.957. The van der Waals surface area contributed by atoms with Crippen molar-refractivity contribution < 1.29 is 51.8 Å². The molecule has 0 bridgehead atoms. The molecule has 0 radical (unpaired) electrons. The van der Waals surface area contributed by atoms with E-state index in [2.05, 4.69) is 23.3 Å². The first-order valence-corrected chi connectivity index (χ1v) is 36.9.